The van der Waals surface area contributed by atoms with Crippen LogP contribution < -0.4 is 5.73 Å². The van der Waals surface area contributed by atoms with E-state index < -0.39 is 0 Å². The Kier molecular flexibility index (Phi) is 9.67. The van der Waals surface area contributed by atoms with Gasteiger partial charge in [-0.25, -0.2) is 0 Å². The fourth-order valence-corrected chi connectivity index (χ4v) is 2.70. The summed E-state index contributed by atoms with van der Waals surface area (Å²) >= 11 is 0. The lowest BCUT2D eigenvalue weighted by Crippen LogP contribution is -2.44. The van der Waals surface area contributed by atoms with Gasteiger partial charge < -0.3 is 10.6 Å². The molecular weight excluding hydrogens is 234 g/mol. The molecule has 0 fully saturated rings. The molecule has 0 heterocycles. The van der Waals surface area contributed by atoms with Gasteiger partial charge in [0.1, 0.15) is 0 Å². The Balaban J connectivity index is 4.22. The predicted octanol–water partition coefficient (Wildman–Crippen LogP) is 2.80. The SMILES string of the molecule is CCN(CC)CCCN(CC)C(CN)CC(C)(C)C. The summed E-state index contributed by atoms with van der Waals surface area (Å²) in [5, 5.41) is 0. The van der Waals surface area contributed by atoms with Crippen molar-refractivity contribution in [2.75, 3.05) is 39.3 Å². The van der Waals surface area contributed by atoms with Crippen molar-refractivity contribution < 1.29 is 0 Å². The highest BCUT2D eigenvalue weighted by Gasteiger charge is 2.22. The van der Waals surface area contributed by atoms with Crippen molar-refractivity contribution in [1.82, 2.24) is 9.80 Å². The Hall–Kier alpha value is -0.120. The minimum atomic E-state index is 0.357. The average Bonchev–Trinajstić information content (AvgIpc) is 2.36. The molecule has 0 radical (unpaired) electrons. The van der Waals surface area contributed by atoms with Crippen LogP contribution in [0.1, 0.15) is 54.4 Å². The van der Waals surface area contributed by atoms with E-state index in [9.17, 15) is 0 Å². The first kappa shape index (κ1) is 18.9. The lowest BCUT2D eigenvalue weighted by atomic mass is 9.87. The van der Waals surface area contributed by atoms with Gasteiger partial charge in [0.25, 0.3) is 0 Å². The molecule has 3 heteroatoms. The van der Waals surface area contributed by atoms with Crippen molar-refractivity contribution in [2.24, 2.45) is 11.1 Å². The molecule has 0 rings (SSSR count). The predicted molar refractivity (Wildman–Crippen MR) is 86.6 cm³/mol. The van der Waals surface area contributed by atoms with Crippen LogP contribution in [0, 0.1) is 5.41 Å². The third kappa shape index (κ3) is 8.61. The van der Waals surface area contributed by atoms with Gasteiger partial charge in [0.15, 0.2) is 0 Å². The minimum absolute atomic E-state index is 0.357. The molecule has 0 aliphatic carbocycles. The number of nitrogens with two attached hydrogens (primary N) is 1. The molecule has 0 spiro atoms. The Morgan fingerprint density at radius 3 is 1.89 bits per heavy atom. The van der Waals surface area contributed by atoms with Crippen LogP contribution in [0.15, 0.2) is 0 Å². The van der Waals surface area contributed by atoms with Crippen LogP contribution in [0.5, 0.6) is 0 Å². The Morgan fingerprint density at radius 1 is 0.947 bits per heavy atom. The first-order chi connectivity index (χ1) is 8.87. The Morgan fingerprint density at radius 2 is 1.53 bits per heavy atom. The third-order valence-electron chi connectivity index (χ3n) is 3.86. The zero-order chi connectivity index (χ0) is 14.9. The molecule has 1 unspecified atom stereocenters. The maximum Gasteiger partial charge on any atom is 0.0223 e. The lowest BCUT2D eigenvalue weighted by molar-refractivity contribution is 0.150. The topological polar surface area (TPSA) is 32.5 Å². The molecule has 3 nitrogen and oxygen atoms in total. The van der Waals surface area contributed by atoms with E-state index in [-0.39, 0.29) is 0 Å². The zero-order valence-electron chi connectivity index (χ0n) is 14.2. The second kappa shape index (κ2) is 9.73. The lowest BCUT2D eigenvalue weighted by Gasteiger charge is -2.34. The van der Waals surface area contributed by atoms with Crippen LogP contribution in [0.4, 0.5) is 0 Å². The molecule has 116 valence electrons. The van der Waals surface area contributed by atoms with Crippen molar-refractivity contribution in [3.63, 3.8) is 0 Å². The van der Waals surface area contributed by atoms with E-state index in [2.05, 4.69) is 51.3 Å². The smallest absolute Gasteiger partial charge is 0.0223 e. The van der Waals surface area contributed by atoms with E-state index in [4.69, 9.17) is 5.73 Å². The Labute approximate surface area is 121 Å². The molecule has 0 aliphatic rings. The van der Waals surface area contributed by atoms with Gasteiger partial charge in [0.2, 0.25) is 0 Å². The molecular formula is C16H37N3. The van der Waals surface area contributed by atoms with Gasteiger partial charge in [-0.1, -0.05) is 41.5 Å². The summed E-state index contributed by atoms with van der Waals surface area (Å²) < 4.78 is 0. The largest absolute Gasteiger partial charge is 0.329 e. The first-order valence-electron chi connectivity index (χ1n) is 8.04. The number of rotatable bonds is 10. The summed E-state index contributed by atoms with van der Waals surface area (Å²) in [6.45, 7) is 20.2. The molecule has 0 aromatic rings. The fraction of sp³-hybridized carbons (Fsp3) is 1.00. The van der Waals surface area contributed by atoms with E-state index in [0.29, 0.717) is 11.5 Å². The first-order valence-corrected chi connectivity index (χ1v) is 8.04. The third-order valence-corrected chi connectivity index (χ3v) is 3.86. The molecule has 1 atom stereocenters. The fourth-order valence-electron chi connectivity index (χ4n) is 2.70. The summed E-state index contributed by atoms with van der Waals surface area (Å²) in [5.41, 5.74) is 6.35. The van der Waals surface area contributed by atoms with Crippen LogP contribution in [-0.4, -0.2) is 55.1 Å². The molecule has 0 saturated carbocycles. The van der Waals surface area contributed by atoms with Crippen LogP contribution in [0.25, 0.3) is 0 Å². The number of hydrogen-bond acceptors (Lipinski definition) is 3. The van der Waals surface area contributed by atoms with E-state index in [1.54, 1.807) is 0 Å². The normalized spacial score (nSPS) is 14.4. The van der Waals surface area contributed by atoms with Crippen molar-refractivity contribution in [2.45, 2.75) is 60.4 Å². The standard InChI is InChI=1S/C16H37N3/c1-7-18(8-2)11-10-12-19(9-3)15(14-17)13-16(4,5)6/h15H,7-14,17H2,1-6H3. The molecule has 0 aromatic carbocycles. The van der Waals surface area contributed by atoms with Crippen molar-refractivity contribution in [3.05, 3.63) is 0 Å². The highest BCUT2D eigenvalue weighted by atomic mass is 15.2. The number of nitrogens with zero attached hydrogens (tertiary/aromatic N) is 2. The van der Waals surface area contributed by atoms with E-state index in [1.807, 2.05) is 0 Å². The van der Waals surface area contributed by atoms with Crippen LogP contribution in [-0.2, 0) is 0 Å². The number of hydrogen-bond donors (Lipinski definition) is 1. The van der Waals surface area contributed by atoms with Gasteiger partial charge >= 0.3 is 0 Å². The van der Waals surface area contributed by atoms with E-state index in [1.165, 1.54) is 25.9 Å². The average molecular weight is 271 g/mol. The van der Waals surface area contributed by atoms with Gasteiger partial charge in [-0.2, -0.15) is 0 Å². The van der Waals surface area contributed by atoms with E-state index >= 15 is 0 Å². The highest BCUT2D eigenvalue weighted by Crippen LogP contribution is 2.23. The molecule has 0 amide bonds. The van der Waals surface area contributed by atoms with Crippen LogP contribution >= 0.6 is 0 Å². The van der Waals surface area contributed by atoms with E-state index in [0.717, 1.165) is 26.2 Å². The maximum absolute atomic E-state index is 5.99. The molecule has 2 N–H and O–H groups in total. The quantitative estimate of drug-likeness (QED) is 0.663. The molecule has 0 saturated heterocycles. The Bertz CT molecular complexity index is 207. The molecule has 0 aromatic heterocycles. The van der Waals surface area contributed by atoms with Crippen molar-refractivity contribution in [1.29, 1.82) is 0 Å². The second-order valence-electron chi connectivity index (χ2n) is 6.66. The van der Waals surface area contributed by atoms with Crippen molar-refractivity contribution >= 4 is 0 Å². The van der Waals surface area contributed by atoms with Gasteiger partial charge in [-0.3, -0.25) is 4.90 Å². The summed E-state index contributed by atoms with van der Waals surface area (Å²) in [6, 6.07) is 0.529. The van der Waals surface area contributed by atoms with Crippen molar-refractivity contribution in [3.8, 4) is 0 Å². The van der Waals surface area contributed by atoms with Gasteiger partial charge in [0.05, 0.1) is 0 Å². The maximum atomic E-state index is 5.99. The van der Waals surface area contributed by atoms with Gasteiger partial charge in [-0.05, 0) is 51.0 Å². The second-order valence-corrected chi connectivity index (χ2v) is 6.66. The van der Waals surface area contributed by atoms with Gasteiger partial charge in [0, 0.05) is 12.6 Å². The molecule has 0 bridgehead atoms. The minimum Gasteiger partial charge on any atom is -0.329 e. The molecule has 0 aliphatic heterocycles. The summed E-state index contributed by atoms with van der Waals surface area (Å²) in [5.74, 6) is 0. The van der Waals surface area contributed by atoms with Gasteiger partial charge in [-0.15, -0.1) is 0 Å². The summed E-state index contributed by atoms with van der Waals surface area (Å²) in [7, 11) is 0. The van der Waals surface area contributed by atoms with Crippen LogP contribution in [0.2, 0.25) is 0 Å². The monoisotopic (exact) mass is 271 g/mol. The number of likely N-dealkylation sites (N-methyl/N-ethyl adjacent to an activating group) is 1. The zero-order valence-corrected chi connectivity index (χ0v) is 14.2. The summed E-state index contributed by atoms with van der Waals surface area (Å²) in [4.78, 5) is 5.06. The highest BCUT2D eigenvalue weighted by molar-refractivity contribution is 4.78. The summed E-state index contributed by atoms with van der Waals surface area (Å²) in [6.07, 6.45) is 2.43. The van der Waals surface area contributed by atoms with Crippen LogP contribution in [0.3, 0.4) is 0 Å². The molecule has 19 heavy (non-hydrogen) atoms.